The minimum atomic E-state index is -0.0371. The fraction of sp³-hybridized carbons (Fsp3) is 0.562. The Morgan fingerprint density at radius 1 is 1.33 bits per heavy atom. The van der Waals surface area contributed by atoms with Crippen LogP contribution in [0.1, 0.15) is 25.0 Å². The van der Waals surface area contributed by atoms with E-state index in [1.165, 1.54) is 11.1 Å². The van der Waals surface area contributed by atoms with Crippen LogP contribution < -0.4 is 10.6 Å². The first-order valence-corrected chi connectivity index (χ1v) is 8.78. The fourth-order valence-electron chi connectivity index (χ4n) is 2.44. The van der Waals surface area contributed by atoms with Gasteiger partial charge in [-0.3, -0.25) is 15.0 Å². The second kappa shape index (κ2) is 8.41. The summed E-state index contributed by atoms with van der Waals surface area (Å²) in [5.41, 5.74) is 2.51. The molecule has 21 heavy (non-hydrogen) atoms. The molecule has 1 aromatic carbocycles. The lowest BCUT2D eigenvalue weighted by Crippen LogP contribution is -2.41. The molecule has 2 rings (SSSR count). The van der Waals surface area contributed by atoms with Crippen LogP contribution in [0, 0.1) is 0 Å². The monoisotopic (exact) mass is 307 g/mol. The number of rotatable bonds is 7. The standard InChI is InChI=1S/C16H25N3OS/c1-3-19(4-2)10-14-8-6-5-7-13(14)9-17-16(20)15-11-21-12-18-15/h5-8,15,18H,3-4,9-12H2,1-2H3,(H,17,20). The quantitative estimate of drug-likeness (QED) is 0.806. The summed E-state index contributed by atoms with van der Waals surface area (Å²) in [6.45, 7) is 7.99. The highest BCUT2D eigenvalue weighted by atomic mass is 32.2. The van der Waals surface area contributed by atoms with Gasteiger partial charge in [-0.25, -0.2) is 0 Å². The Hall–Kier alpha value is -1.04. The molecule has 1 saturated heterocycles. The predicted octanol–water partition coefficient (Wildman–Crippen LogP) is 1.81. The Morgan fingerprint density at radius 2 is 2.05 bits per heavy atom. The lowest BCUT2D eigenvalue weighted by Gasteiger charge is -2.20. The molecule has 1 aliphatic heterocycles. The maximum Gasteiger partial charge on any atom is 0.238 e. The lowest BCUT2D eigenvalue weighted by atomic mass is 10.1. The molecular formula is C16H25N3OS. The zero-order chi connectivity index (χ0) is 15.1. The van der Waals surface area contributed by atoms with Gasteiger partial charge in [0.15, 0.2) is 0 Å². The van der Waals surface area contributed by atoms with E-state index in [4.69, 9.17) is 0 Å². The zero-order valence-electron chi connectivity index (χ0n) is 12.9. The minimum Gasteiger partial charge on any atom is -0.351 e. The van der Waals surface area contributed by atoms with E-state index in [2.05, 4.69) is 47.6 Å². The summed E-state index contributed by atoms with van der Waals surface area (Å²) in [4.78, 5) is 14.5. The highest BCUT2D eigenvalue weighted by molar-refractivity contribution is 7.99. The molecule has 5 heteroatoms. The number of hydrogen-bond donors (Lipinski definition) is 2. The van der Waals surface area contributed by atoms with E-state index in [0.29, 0.717) is 6.54 Å². The third kappa shape index (κ3) is 4.73. The molecule has 1 aromatic rings. The SMILES string of the molecule is CCN(CC)Cc1ccccc1CNC(=O)C1CSCN1. The Morgan fingerprint density at radius 3 is 2.67 bits per heavy atom. The number of benzene rings is 1. The number of amides is 1. The van der Waals surface area contributed by atoms with Crippen LogP contribution in [0.15, 0.2) is 24.3 Å². The van der Waals surface area contributed by atoms with Crippen molar-refractivity contribution in [1.29, 1.82) is 0 Å². The van der Waals surface area contributed by atoms with E-state index in [0.717, 1.165) is 31.3 Å². The first-order valence-electron chi connectivity index (χ1n) is 7.62. The Labute approximate surface area is 131 Å². The number of nitrogens with zero attached hydrogens (tertiary/aromatic N) is 1. The highest BCUT2D eigenvalue weighted by Crippen LogP contribution is 2.13. The molecule has 0 aromatic heterocycles. The fourth-order valence-corrected chi connectivity index (χ4v) is 3.38. The van der Waals surface area contributed by atoms with E-state index in [1.54, 1.807) is 11.8 Å². The third-order valence-electron chi connectivity index (χ3n) is 3.89. The summed E-state index contributed by atoms with van der Waals surface area (Å²) in [5, 5.41) is 6.26. The van der Waals surface area contributed by atoms with E-state index < -0.39 is 0 Å². The largest absolute Gasteiger partial charge is 0.351 e. The van der Waals surface area contributed by atoms with Crippen molar-refractivity contribution in [2.75, 3.05) is 24.7 Å². The van der Waals surface area contributed by atoms with E-state index in [1.807, 2.05) is 6.07 Å². The van der Waals surface area contributed by atoms with Crippen molar-refractivity contribution >= 4 is 17.7 Å². The first-order chi connectivity index (χ1) is 10.2. The molecule has 2 N–H and O–H groups in total. The van der Waals surface area contributed by atoms with Gasteiger partial charge in [-0.05, 0) is 24.2 Å². The molecule has 0 radical (unpaired) electrons. The van der Waals surface area contributed by atoms with Crippen LogP contribution in [0.3, 0.4) is 0 Å². The van der Waals surface area contributed by atoms with Crippen molar-refractivity contribution in [2.24, 2.45) is 0 Å². The van der Waals surface area contributed by atoms with Gasteiger partial charge in [0.25, 0.3) is 0 Å². The van der Waals surface area contributed by atoms with Gasteiger partial charge < -0.3 is 5.32 Å². The first kappa shape index (κ1) is 16.3. The summed E-state index contributed by atoms with van der Waals surface area (Å²) >= 11 is 1.77. The van der Waals surface area contributed by atoms with Crippen LogP contribution in [-0.4, -0.2) is 41.6 Å². The van der Waals surface area contributed by atoms with Gasteiger partial charge >= 0.3 is 0 Å². The van der Waals surface area contributed by atoms with Crippen LogP contribution in [0.5, 0.6) is 0 Å². The molecule has 0 spiro atoms. The second-order valence-corrected chi connectivity index (χ2v) is 6.25. The maximum absolute atomic E-state index is 12.1. The van der Waals surface area contributed by atoms with Gasteiger partial charge in [-0.1, -0.05) is 38.1 Å². The third-order valence-corrected chi connectivity index (χ3v) is 4.83. The maximum atomic E-state index is 12.1. The normalized spacial score (nSPS) is 18.1. The molecule has 1 heterocycles. The molecule has 116 valence electrons. The molecule has 4 nitrogen and oxygen atoms in total. The molecule has 0 bridgehead atoms. The average molecular weight is 307 g/mol. The van der Waals surface area contributed by atoms with Gasteiger partial charge in [0.2, 0.25) is 5.91 Å². The Kier molecular flexibility index (Phi) is 6.54. The molecule has 1 aliphatic rings. The van der Waals surface area contributed by atoms with Crippen LogP contribution in [0.4, 0.5) is 0 Å². The molecule has 1 atom stereocenters. The molecule has 0 saturated carbocycles. The van der Waals surface area contributed by atoms with E-state index in [-0.39, 0.29) is 11.9 Å². The van der Waals surface area contributed by atoms with Crippen molar-refractivity contribution in [2.45, 2.75) is 33.0 Å². The van der Waals surface area contributed by atoms with Gasteiger partial charge in [0.05, 0.1) is 6.04 Å². The van der Waals surface area contributed by atoms with Crippen LogP contribution >= 0.6 is 11.8 Å². The van der Waals surface area contributed by atoms with Gasteiger partial charge in [0, 0.05) is 24.7 Å². The summed E-state index contributed by atoms with van der Waals surface area (Å²) in [6, 6.07) is 8.33. The summed E-state index contributed by atoms with van der Waals surface area (Å²) in [6.07, 6.45) is 0. The van der Waals surface area contributed by atoms with Gasteiger partial charge in [0.1, 0.15) is 0 Å². The van der Waals surface area contributed by atoms with Crippen LogP contribution in [-0.2, 0) is 17.9 Å². The number of carbonyl (C=O) groups excluding carboxylic acids is 1. The Bertz CT molecular complexity index is 457. The predicted molar refractivity (Wildman–Crippen MR) is 89.2 cm³/mol. The average Bonchev–Trinajstić information content (AvgIpc) is 3.05. The lowest BCUT2D eigenvalue weighted by molar-refractivity contribution is -0.122. The van der Waals surface area contributed by atoms with Crippen LogP contribution in [0.2, 0.25) is 0 Å². The molecule has 1 fully saturated rings. The molecular weight excluding hydrogens is 282 g/mol. The topological polar surface area (TPSA) is 44.4 Å². The Balaban J connectivity index is 1.94. The molecule has 1 unspecified atom stereocenters. The highest BCUT2D eigenvalue weighted by Gasteiger charge is 2.22. The number of carbonyl (C=O) groups is 1. The molecule has 1 amide bonds. The van der Waals surface area contributed by atoms with E-state index >= 15 is 0 Å². The van der Waals surface area contributed by atoms with Crippen molar-refractivity contribution in [3.8, 4) is 0 Å². The van der Waals surface area contributed by atoms with Crippen molar-refractivity contribution in [3.05, 3.63) is 35.4 Å². The number of hydrogen-bond acceptors (Lipinski definition) is 4. The molecule has 0 aliphatic carbocycles. The van der Waals surface area contributed by atoms with Gasteiger partial charge in [-0.2, -0.15) is 0 Å². The zero-order valence-corrected chi connectivity index (χ0v) is 13.7. The smallest absolute Gasteiger partial charge is 0.238 e. The van der Waals surface area contributed by atoms with E-state index in [9.17, 15) is 4.79 Å². The summed E-state index contributed by atoms with van der Waals surface area (Å²) < 4.78 is 0. The van der Waals surface area contributed by atoms with Crippen molar-refractivity contribution < 1.29 is 4.79 Å². The van der Waals surface area contributed by atoms with Gasteiger partial charge in [-0.15, -0.1) is 11.8 Å². The van der Waals surface area contributed by atoms with Crippen molar-refractivity contribution in [3.63, 3.8) is 0 Å². The summed E-state index contributed by atoms with van der Waals surface area (Å²) in [7, 11) is 0. The van der Waals surface area contributed by atoms with Crippen LogP contribution in [0.25, 0.3) is 0 Å². The van der Waals surface area contributed by atoms with Crippen molar-refractivity contribution in [1.82, 2.24) is 15.5 Å². The summed E-state index contributed by atoms with van der Waals surface area (Å²) in [5.74, 6) is 1.85. The minimum absolute atomic E-state index is 0.0371. The second-order valence-electron chi connectivity index (χ2n) is 5.22. The number of nitrogens with one attached hydrogen (secondary N) is 2. The number of thioether (sulfide) groups is 1.